The Morgan fingerprint density at radius 1 is 1.38 bits per heavy atom. The summed E-state index contributed by atoms with van der Waals surface area (Å²) in [6.45, 7) is 12.3. The zero-order valence-electron chi connectivity index (χ0n) is 14.1. The standard InChI is InChI=1S/C18H32O3/c1-6-14(9-12(2)3)15-7-8-16(17(19)10-15)11-21-18(20)13(4)5/h12,14-17,19H,4,6-11H2,1-3,5H3. The van der Waals surface area contributed by atoms with E-state index in [1.54, 1.807) is 6.92 Å². The molecule has 0 aliphatic heterocycles. The molecule has 0 heterocycles. The van der Waals surface area contributed by atoms with Gasteiger partial charge in [-0.2, -0.15) is 0 Å². The van der Waals surface area contributed by atoms with Crippen LogP contribution >= 0.6 is 0 Å². The first-order chi connectivity index (χ1) is 9.85. The van der Waals surface area contributed by atoms with Crippen molar-refractivity contribution in [3.63, 3.8) is 0 Å². The average Bonchev–Trinajstić information content (AvgIpc) is 2.42. The minimum absolute atomic E-state index is 0.0844. The number of esters is 1. The zero-order chi connectivity index (χ0) is 16.0. The lowest BCUT2D eigenvalue weighted by Crippen LogP contribution is -2.35. The van der Waals surface area contributed by atoms with Crippen molar-refractivity contribution >= 4 is 5.97 Å². The second kappa shape index (κ2) is 8.57. The van der Waals surface area contributed by atoms with E-state index in [4.69, 9.17) is 4.74 Å². The second-order valence-electron chi connectivity index (χ2n) is 7.08. The molecule has 21 heavy (non-hydrogen) atoms. The fraction of sp³-hybridized carbons (Fsp3) is 0.833. The van der Waals surface area contributed by atoms with E-state index < -0.39 is 0 Å². The Morgan fingerprint density at radius 2 is 2.05 bits per heavy atom. The third-order valence-corrected chi connectivity index (χ3v) is 4.74. The highest BCUT2D eigenvalue weighted by Crippen LogP contribution is 2.37. The van der Waals surface area contributed by atoms with Crippen molar-refractivity contribution in [3.8, 4) is 0 Å². The Labute approximate surface area is 129 Å². The summed E-state index contributed by atoms with van der Waals surface area (Å²) < 4.78 is 5.20. The highest BCUT2D eigenvalue weighted by atomic mass is 16.5. The Kier molecular flexibility index (Phi) is 7.44. The van der Waals surface area contributed by atoms with Crippen LogP contribution in [-0.2, 0) is 9.53 Å². The minimum Gasteiger partial charge on any atom is -0.462 e. The van der Waals surface area contributed by atoms with Crippen molar-refractivity contribution in [3.05, 3.63) is 12.2 Å². The first-order valence-corrected chi connectivity index (χ1v) is 8.35. The zero-order valence-corrected chi connectivity index (χ0v) is 14.1. The molecule has 3 nitrogen and oxygen atoms in total. The predicted octanol–water partition coefficient (Wildman–Crippen LogP) is 3.96. The largest absolute Gasteiger partial charge is 0.462 e. The maximum Gasteiger partial charge on any atom is 0.333 e. The molecule has 1 fully saturated rings. The molecule has 0 aromatic heterocycles. The van der Waals surface area contributed by atoms with Crippen LogP contribution in [0, 0.1) is 23.7 Å². The molecule has 1 N–H and O–H groups in total. The molecular weight excluding hydrogens is 264 g/mol. The molecule has 1 rings (SSSR count). The summed E-state index contributed by atoms with van der Waals surface area (Å²) in [6, 6.07) is 0. The summed E-state index contributed by atoms with van der Waals surface area (Å²) in [5.74, 6) is 1.76. The van der Waals surface area contributed by atoms with Crippen LogP contribution < -0.4 is 0 Å². The molecule has 0 spiro atoms. The van der Waals surface area contributed by atoms with Crippen molar-refractivity contribution < 1.29 is 14.6 Å². The van der Waals surface area contributed by atoms with Crippen LogP contribution in [0.15, 0.2) is 12.2 Å². The molecule has 122 valence electrons. The summed E-state index contributed by atoms with van der Waals surface area (Å²) in [5.41, 5.74) is 0.418. The van der Waals surface area contributed by atoms with E-state index in [9.17, 15) is 9.90 Å². The van der Waals surface area contributed by atoms with Crippen molar-refractivity contribution in [2.75, 3.05) is 6.61 Å². The molecule has 3 heteroatoms. The highest BCUT2D eigenvalue weighted by Gasteiger charge is 2.33. The molecule has 4 unspecified atom stereocenters. The van der Waals surface area contributed by atoms with E-state index in [0.717, 1.165) is 19.3 Å². The van der Waals surface area contributed by atoms with Crippen LogP contribution in [0.3, 0.4) is 0 Å². The summed E-state index contributed by atoms with van der Waals surface area (Å²) in [6.07, 6.45) is 5.01. The van der Waals surface area contributed by atoms with Crippen LogP contribution in [0.5, 0.6) is 0 Å². The van der Waals surface area contributed by atoms with Gasteiger partial charge in [0.25, 0.3) is 0 Å². The van der Waals surface area contributed by atoms with Crippen molar-refractivity contribution in [1.82, 2.24) is 0 Å². The number of rotatable bonds is 7. The summed E-state index contributed by atoms with van der Waals surface area (Å²) >= 11 is 0. The molecule has 1 aliphatic rings. The fourth-order valence-electron chi connectivity index (χ4n) is 3.47. The van der Waals surface area contributed by atoms with Gasteiger partial charge in [-0.05, 0) is 50.4 Å². The summed E-state index contributed by atoms with van der Waals surface area (Å²) in [7, 11) is 0. The number of hydrogen-bond donors (Lipinski definition) is 1. The van der Waals surface area contributed by atoms with Gasteiger partial charge in [-0.15, -0.1) is 0 Å². The summed E-state index contributed by atoms with van der Waals surface area (Å²) in [5, 5.41) is 10.4. The van der Waals surface area contributed by atoms with Crippen molar-refractivity contribution in [2.24, 2.45) is 23.7 Å². The lowest BCUT2D eigenvalue weighted by Gasteiger charge is -2.37. The Bertz CT molecular complexity index is 348. The van der Waals surface area contributed by atoms with Gasteiger partial charge in [-0.3, -0.25) is 0 Å². The fourth-order valence-corrected chi connectivity index (χ4v) is 3.47. The van der Waals surface area contributed by atoms with Crippen LogP contribution in [0.4, 0.5) is 0 Å². The number of ether oxygens (including phenoxy) is 1. The SMILES string of the molecule is C=C(C)C(=O)OCC1CCC(C(CC)CC(C)C)CC1O. The van der Waals surface area contributed by atoms with Gasteiger partial charge in [0.05, 0.1) is 12.7 Å². The molecule has 0 amide bonds. The van der Waals surface area contributed by atoms with Gasteiger partial charge in [-0.25, -0.2) is 4.79 Å². The van der Waals surface area contributed by atoms with Crippen LogP contribution in [0.1, 0.15) is 59.8 Å². The normalized spacial score (nSPS) is 27.4. The highest BCUT2D eigenvalue weighted by molar-refractivity contribution is 5.86. The van der Waals surface area contributed by atoms with E-state index in [2.05, 4.69) is 27.4 Å². The second-order valence-corrected chi connectivity index (χ2v) is 7.08. The third kappa shape index (κ3) is 5.82. The van der Waals surface area contributed by atoms with Crippen LogP contribution in [-0.4, -0.2) is 23.8 Å². The lowest BCUT2D eigenvalue weighted by molar-refractivity contribution is -0.142. The molecular formula is C18H32O3. The maximum absolute atomic E-state index is 11.4. The molecule has 1 saturated carbocycles. The predicted molar refractivity (Wildman–Crippen MR) is 85.8 cm³/mol. The van der Waals surface area contributed by atoms with Gasteiger partial charge in [0, 0.05) is 11.5 Å². The number of hydrogen-bond acceptors (Lipinski definition) is 3. The van der Waals surface area contributed by atoms with E-state index in [1.165, 1.54) is 12.8 Å². The Morgan fingerprint density at radius 3 is 2.52 bits per heavy atom. The van der Waals surface area contributed by atoms with Gasteiger partial charge in [0.1, 0.15) is 0 Å². The first kappa shape index (κ1) is 18.2. The molecule has 0 aromatic carbocycles. The number of aliphatic hydroxyl groups is 1. The molecule has 1 aliphatic carbocycles. The topological polar surface area (TPSA) is 46.5 Å². The van der Waals surface area contributed by atoms with E-state index >= 15 is 0 Å². The third-order valence-electron chi connectivity index (χ3n) is 4.74. The van der Waals surface area contributed by atoms with E-state index in [-0.39, 0.29) is 18.0 Å². The van der Waals surface area contributed by atoms with E-state index in [1.807, 2.05) is 0 Å². The van der Waals surface area contributed by atoms with Crippen molar-refractivity contribution in [1.29, 1.82) is 0 Å². The van der Waals surface area contributed by atoms with E-state index in [0.29, 0.717) is 29.9 Å². The smallest absolute Gasteiger partial charge is 0.333 e. The first-order valence-electron chi connectivity index (χ1n) is 8.35. The molecule has 0 bridgehead atoms. The molecule has 0 radical (unpaired) electrons. The molecule has 0 saturated heterocycles. The number of aliphatic hydroxyl groups excluding tert-OH is 1. The van der Waals surface area contributed by atoms with Crippen LogP contribution in [0.2, 0.25) is 0 Å². The molecule has 4 atom stereocenters. The van der Waals surface area contributed by atoms with Gasteiger partial charge in [0.2, 0.25) is 0 Å². The quantitative estimate of drug-likeness (QED) is 0.571. The lowest BCUT2D eigenvalue weighted by atomic mass is 9.71. The molecule has 0 aromatic rings. The van der Waals surface area contributed by atoms with Gasteiger partial charge in [-0.1, -0.05) is 33.8 Å². The van der Waals surface area contributed by atoms with Crippen molar-refractivity contribution in [2.45, 2.75) is 65.9 Å². The summed E-state index contributed by atoms with van der Waals surface area (Å²) in [4.78, 5) is 11.4. The van der Waals surface area contributed by atoms with Gasteiger partial charge >= 0.3 is 5.97 Å². The minimum atomic E-state index is -0.351. The number of carbonyl (C=O) groups excluding carboxylic acids is 1. The Balaban J connectivity index is 2.46. The Hall–Kier alpha value is -0.830. The van der Waals surface area contributed by atoms with Gasteiger partial charge in [0.15, 0.2) is 0 Å². The van der Waals surface area contributed by atoms with Gasteiger partial charge < -0.3 is 9.84 Å². The maximum atomic E-state index is 11.4. The van der Waals surface area contributed by atoms with Crippen LogP contribution in [0.25, 0.3) is 0 Å². The average molecular weight is 296 g/mol. The monoisotopic (exact) mass is 296 g/mol. The number of carbonyl (C=O) groups is 1.